The molecule has 2 heterocycles. The zero-order valence-corrected chi connectivity index (χ0v) is 16.8. The van der Waals surface area contributed by atoms with Gasteiger partial charge < -0.3 is 19.8 Å². The first-order valence-electron chi connectivity index (χ1n) is 9.41. The van der Waals surface area contributed by atoms with Gasteiger partial charge in [0.1, 0.15) is 6.26 Å². The van der Waals surface area contributed by atoms with Gasteiger partial charge >= 0.3 is 0 Å². The molecule has 146 valence electrons. The Kier molecular flexibility index (Phi) is 7.18. The topological polar surface area (TPSA) is 71.7 Å². The molecule has 7 heteroatoms. The molecule has 0 radical (unpaired) electrons. The number of hydrogen-bond acceptors (Lipinski definition) is 5. The van der Waals surface area contributed by atoms with E-state index < -0.39 is 0 Å². The summed E-state index contributed by atoms with van der Waals surface area (Å²) in [6.07, 6.45) is 3.83. The predicted octanol–water partition coefficient (Wildman–Crippen LogP) is 3.31. The van der Waals surface area contributed by atoms with Crippen LogP contribution in [0.15, 0.2) is 46.0 Å². The highest BCUT2D eigenvalue weighted by atomic mass is 32.2. The third-order valence-electron chi connectivity index (χ3n) is 4.67. The van der Waals surface area contributed by atoms with E-state index in [-0.39, 0.29) is 4.75 Å². The number of aliphatic imine (C=N–C) groups is 1. The highest BCUT2D eigenvalue weighted by Crippen LogP contribution is 2.34. The van der Waals surface area contributed by atoms with Gasteiger partial charge in [0.25, 0.3) is 0 Å². The summed E-state index contributed by atoms with van der Waals surface area (Å²) in [6, 6.07) is 9.91. The fourth-order valence-electron chi connectivity index (χ4n) is 3.16. The Morgan fingerprint density at radius 3 is 2.70 bits per heavy atom. The van der Waals surface area contributed by atoms with Crippen molar-refractivity contribution in [2.45, 2.75) is 31.1 Å². The molecule has 1 aliphatic heterocycles. The zero-order chi connectivity index (χ0) is 19.0. The van der Waals surface area contributed by atoms with E-state index in [0.717, 1.165) is 55.6 Å². The van der Waals surface area contributed by atoms with Crippen molar-refractivity contribution in [3.05, 3.63) is 42.3 Å². The molecule has 6 nitrogen and oxygen atoms in total. The molecule has 0 spiro atoms. The Labute approximate surface area is 165 Å². The Morgan fingerprint density at radius 1 is 1.22 bits per heavy atom. The number of benzene rings is 1. The van der Waals surface area contributed by atoms with Gasteiger partial charge in [0.15, 0.2) is 5.96 Å². The van der Waals surface area contributed by atoms with Crippen LogP contribution in [0.3, 0.4) is 0 Å². The van der Waals surface area contributed by atoms with Crippen molar-refractivity contribution in [1.29, 1.82) is 0 Å². The lowest BCUT2D eigenvalue weighted by Crippen LogP contribution is -2.48. The number of hydrogen-bond donors (Lipinski definition) is 2. The van der Waals surface area contributed by atoms with Crippen LogP contribution in [0.5, 0.6) is 0 Å². The Hall–Kier alpha value is -1.99. The molecular formula is C20H28N4O2S. The number of rotatable bonds is 7. The molecule has 0 atom stereocenters. The van der Waals surface area contributed by atoms with E-state index in [1.807, 2.05) is 42.1 Å². The molecule has 0 aliphatic carbocycles. The minimum absolute atomic E-state index is 0.221. The number of oxazole rings is 1. The van der Waals surface area contributed by atoms with E-state index in [1.54, 1.807) is 13.3 Å². The fraction of sp³-hybridized carbons (Fsp3) is 0.500. The molecule has 0 bridgehead atoms. The summed E-state index contributed by atoms with van der Waals surface area (Å²) in [5.41, 5.74) is 1.82. The molecule has 1 fully saturated rings. The number of thioether (sulfide) groups is 1. The van der Waals surface area contributed by atoms with Crippen molar-refractivity contribution in [3.8, 4) is 11.5 Å². The monoisotopic (exact) mass is 388 g/mol. The van der Waals surface area contributed by atoms with Crippen molar-refractivity contribution in [2.75, 3.05) is 32.6 Å². The van der Waals surface area contributed by atoms with Crippen LogP contribution in [0, 0.1) is 0 Å². The van der Waals surface area contributed by atoms with E-state index in [4.69, 9.17) is 9.15 Å². The molecule has 0 unspecified atom stereocenters. The summed E-state index contributed by atoms with van der Waals surface area (Å²) in [6.45, 7) is 5.32. The van der Waals surface area contributed by atoms with Gasteiger partial charge in [0.2, 0.25) is 5.89 Å². The van der Waals surface area contributed by atoms with Gasteiger partial charge in [0, 0.05) is 37.1 Å². The number of nitrogens with one attached hydrogen (secondary N) is 2. The summed E-state index contributed by atoms with van der Waals surface area (Å²) in [5, 5.41) is 6.80. The summed E-state index contributed by atoms with van der Waals surface area (Å²) < 4.78 is 11.4. The molecule has 27 heavy (non-hydrogen) atoms. The van der Waals surface area contributed by atoms with Gasteiger partial charge in [-0.2, -0.15) is 11.8 Å². The molecule has 0 saturated carbocycles. The van der Waals surface area contributed by atoms with Gasteiger partial charge in [-0.15, -0.1) is 0 Å². The van der Waals surface area contributed by atoms with Crippen LogP contribution in [-0.2, 0) is 11.3 Å². The van der Waals surface area contributed by atoms with Crippen molar-refractivity contribution < 1.29 is 9.15 Å². The first-order chi connectivity index (χ1) is 13.2. The highest BCUT2D eigenvalue weighted by molar-refractivity contribution is 8.00. The van der Waals surface area contributed by atoms with Crippen molar-refractivity contribution >= 4 is 17.7 Å². The number of nitrogens with zero attached hydrogens (tertiary/aromatic N) is 2. The third kappa shape index (κ3) is 5.49. The van der Waals surface area contributed by atoms with E-state index in [1.165, 1.54) is 0 Å². The molecule has 2 N–H and O–H groups in total. The average molecular weight is 389 g/mol. The van der Waals surface area contributed by atoms with Crippen molar-refractivity contribution in [1.82, 2.24) is 15.6 Å². The summed E-state index contributed by atoms with van der Waals surface area (Å²) in [7, 11) is 1.79. The summed E-state index contributed by atoms with van der Waals surface area (Å²) in [4.78, 5) is 8.89. The molecule has 1 aromatic carbocycles. The van der Waals surface area contributed by atoms with Crippen molar-refractivity contribution in [3.63, 3.8) is 0 Å². The minimum Gasteiger partial charge on any atom is -0.444 e. The second kappa shape index (κ2) is 9.80. The predicted molar refractivity (Wildman–Crippen MR) is 111 cm³/mol. The van der Waals surface area contributed by atoms with E-state index in [2.05, 4.69) is 27.5 Å². The van der Waals surface area contributed by atoms with Gasteiger partial charge in [-0.1, -0.05) is 25.1 Å². The Morgan fingerprint density at radius 2 is 2.00 bits per heavy atom. The largest absolute Gasteiger partial charge is 0.444 e. The Balaban J connectivity index is 1.53. The number of aromatic nitrogens is 1. The number of ether oxygens (including phenoxy) is 1. The van der Waals surface area contributed by atoms with Crippen molar-refractivity contribution in [2.24, 2.45) is 4.99 Å². The maximum atomic E-state index is 5.59. The third-order valence-corrected chi connectivity index (χ3v) is 6.12. The lowest BCUT2D eigenvalue weighted by molar-refractivity contribution is 0.0782. The van der Waals surface area contributed by atoms with Gasteiger partial charge in [-0.3, -0.25) is 4.99 Å². The first-order valence-corrected chi connectivity index (χ1v) is 10.4. The lowest BCUT2D eigenvalue weighted by atomic mass is 9.99. The molecule has 1 aromatic heterocycles. The first kappa shape index (κ1) is 19.8. The van der Waals surface area contributed by atoms with E-state index in [0.29, 0.717) is 12.4 Å². The molecule has 1 aliphatic rings. The smallest absolute Gasteiger partial charge is 0.226 e. The average Bonchev–Trinajstić information content (AvgIpc) is 3.19. The summed E-state index contributed by atoms with van der Waals surface area (Å²) in [5.74, 6) is 2.52. The molecular weight excluding hydrogens is 360 g/mol. The van der Waals surface area contributed by atoms with E-state index >= 15 is 0 Å². The highest BCUT2D eigenvalue weighted by Gasteiger charge is 2.32. The minimum atomic E-state index is 0.221. The number of guanidine groups is 1. The standard InChI is InChI=1S/C20H28N4O2S/c1-3-27-20(9-11-25-12-10-20)15-23-19(21-2)22-13-17-14-26-18(24-17)16-7-5-4-6-8-16/h4-8,14H,3,9-13,15H2,1-2H3,(H2,21,22,23). The SMILES string of the molecule is CCSC1(CNC(=NC)NCc2coc(-c3ccccc3)n2)CCOCC1. The van der Waals surface area contributed by atoms with Crippen LogP contribution in [0.2, 0.25) is 0 Å². The van der Waals surface area contributed by atoms with Crippen LogP contribution in [-0.4, -0.2) is 48.2 Å². The summed E-state index contributed by atoms with van der Waals surface area (Å²) >= 11 is 2.01. The van der Waals surface area contributed by atoms with Crippen LogP contribution >= 0.6 is 11.8 Å². The second-order valence-corrected chi connectivity index (χ2v) is 8.25. The normalized spacial score (nSPS) is 16.9. The second-order valence-electron chi connectivity index (χ2n) is 6.52. The van der Waals surface area contributed by atoms with Crippen LogP contribution in [0.25, 0.3) is 11.5 Å². The molecule has 3 rings (SSSR count). The van der Waals surface area contributed by atoms with Gasteiger partial charge in [0.05, 0.1) is 12.2 Å². The van der Waals surface area contributed by atoms with E-state index in [9.17, 15) is 0 Å². The molecule has 1 saturated heterocycles. The van der Waals surface area contributed by atoms with Gasteiger partial charge in [-0.25, -0.2) is 4.98 Å². The molecule has 0 amide bonds. The maximum Gasteiger partial charge on any atom is 0.226 e. The fourth-order valence-corrected chi connectivity index (χ4v) is 4.40. The van der Waals surface area contributed by atoms with Gasteiger partial charge in [-0.05, 0) is 30.7 Å². The van der Waals surface area contributed by atoms with Crippen LogP contribution in [0.1, 0.15) is 25.5 Å². The molecule has 2 aromatic rings. The van der Waals surface area contributed by atoms with Crippen LogP contribution in [0.4, 0.5) is 0 Å². The lowest BCUT2D eigenvalue weighted by Gasteiger charge is -2.37. The maximum absolute atomic E-state index is 5.59. The zero-order valence-electron chi connectivity index (χ0n) is 16.0. The van der Waals surface area contributed by atoms with Crippen LogP contribution < -0.4 is 10.6 Å². The Bertz CT molecular complexity index is 721. The quantitative estimate of drug-likeness (QED) is 0.560.